The molecule has 0 aliphatic carbocycles. The smallest absolute Gasteiger partial charge is 0.434 e. The van der Waals surface area contributed by atoms with Crippen LogP contribution in [0, 0.1) is 13.8 Å². The van der Waals surface area contributed by atoms with Gasteiger partial charge < -0.3 is 43.5 Å². The van der Waals surface area contributed by atoms with E-state index >= 15 is 0 Å². The number of ether oxygens (including phenoxy) is 6. The van der Waals surface area contributed by atoms with E-state index in [-0.39, 0.29) is 55.6 Å². The van der Waals surface area contributed by atoms with E-state index in [1.54, 1.807) is 26.8 Å². The normalized spacial score (nSPS) is 17.6. The molecule has 2 amide bonds. The summed E-state index contributed by atoms with van der Waals surface area (Å²) in [6.45, 7) is 17.7. The number of rotatable bonds is 15. The van der Waals surface area contributed by atoms with E-state index in [1.165, 1.54) is 0 Å². The number of halogens is 12. The first-order valence-electron chi connectivity index (χ1n) is 27.3. The van der Waals surface area contributed by atoms with Crippen molar-refractivity contribution in [3.63, 3.8) is 0 Å². The molecule has 2 aromatic carbocycles. The summed E-state index contributed by atoms with van der Waals surface area (Å²) >= 11 is 0. The number of esters is 2. The van der Waals surface area contributed by atoms with Gasteiger partial charge in [-0.25, -0.2) is 9.59 Å². The average molecular weight is 1210 g/mol. The summed E-state index contributed by atoms with van der Waals surface area (Å²) in [4.78, 5) is 62.3. The number of hydrogen-bond donors (Lipinski definition) is 1. The summed E-state index contributed by atoms with van der Waals surface area (Å²) in [5.41, 5.74) is 1.96. The molecule has 4 saturated heterocycles. The van der Waals surface area contributed by atoms with Gasteiger partial charge in [0.25, 0.3) is 12.2 Å². The number of aryl methyl sites for hydroxylation is 2. The minimum Gasteiger partial charge on any atom is -0.493 e. The van der Waals surface area contributed by atoms with Crippen molar-refractivity contribution in [2.24, 2.45) is 0 Å². The molecule has 83 heavy (non-hydrogen) atoms. The lowest BCUT2D eigenvalue weighted by Crippen LogP contribution is -2.54. The Bertz CT molecular complexity index is 2420. The van der Waals surface area contributed by atoms with Gasteiger partial charge in [-0.15, -0.1) is 0 Å². The number of alkyl halides is 12. The van der Waals surface area contributed by atoms with Crippen molar-refractivity contribution in [1.82, 2.24) is 20.0 Å². The predicted molar refractivity (Wildman–Crippen MR) is 278 cm³/mol. The van der Waals surface area contributed by atoms with Gasteiger partial charge in [0.15, 0.2) is 6.29 Å². The average Bonchev–Trinajstić information content (AvgIpc) is 4.21. The van der Waals surface area contributed by atoms with Crippen LogP contribution in [0.5, 0.6) is 11.5 Å². The van der Waals surface area contributed by atoms with Crippen LogP contribution in [0.15, 0.2) is 36.4 Å². The van der Waals surface area contributed by atoms with Crippen LogP contribution in [-0.2, 0) is 35.1 Å². The Labute approximate surface area is 475 Å². The number of carbonyl (C=O) groups is 5. The van der Waals surface area contributed by atoms with Gasteiger partial charge in [0.2, 0.25) is 0 Å². The van der Waals surface area contributed by atoms with Crippen LogP contribution >= 0.6 is 0 Å². The molecule has 4 heterocycles. The van der Waals surface area contributed by atoms with Crippen molar-refractivity contribution in [2.75, 3.05) is 52.5 Å². The van der Waals surface area contributed by atoms with Crippen LogP contribution in [0.1, 0.15) is 146 Å². The first-order valence-corrected chi connectivity index (χ1v) is 27.3. The Morgan fingerprint density at radius 3 is 1.43 bits per heavy atom. The second-order valence-corrected chi connectivity index (χ2v) is 23.1. The summed E-state index contributed by atoms with van der Waals surface area (Å²) < 4.78 is 181. The van der Waals surface area contributed by atoms with Crippen molar-refractivity contribution in [1.29, 1.82) is 0 Å². The second-order valence-electron chi connectivity index (χ2n) is 23.1. The van der Waals surface area contributed by atoms with E-state index in [0.29, 0.717) is 81.8 Å². The number of amides is 2. The van der Waals surface area contributed by atoms with Crippen molar-refractivity contribution in [3.8, 4) is 11.5 Å². The molecule has 27 heteroatoms. The lowest BCUT2D eigenvalue weighted by Gasteiger charge is -2.45. The maximum atomic E-state index is 12.8. The van der Waals surface area contributed by atoms with Crippen molar-refractivity contribution >= 4 is 30.4 Å². The van der Waals surface area contributed by atoms with E-state index in [0.717, 1.165) is 71.5 Å². The van der Waals surface area contributed by atoms with Crippen LogP contribution in [0.4, 0.5) is 62.3 Å². The molecule has 4 aliphatic rings. The third-order valence-corrected chi connectivity index (χ3v) is 13.9. The molecule has 0 atom stereocenters. The molecule has 0 unspecified atom stereocenters. The van der Waals surface area contributed by atoms with Crippen LogP contribution in [-0.4, -0.2) is 157 Å². The van der Waals surface area contributed by atoms with Crippen LogP contribution < -0.4 is 14.8 Å². The Morgan fingerprint density at radius 1 is 0.578 bits per heavy atom. The highest BCUT2D eigenvalue weighted by molar-refractivity contribution is 5.79. The third kappa shape index (κ3) is 22.7. The number of benzene rings is 2. The van der Waals surface area contributed by atoms with Gasteiger partial charge in [-0.2, -0.15) is 52.7 Å². The molecule has 0 aromatic heterocycles. The summed E-state index contributed by atoms with van der Waals surface area (Å²) in [6.07, 6.45) is -26.7. The van der Waals surface area contributed by atoms with Crippen LogP contribution in [0.25, 0.3) is 0 Å². The lowest BCUT2D eigenvalue weighted by molar-refractivity contribution is -0.309. The van der Waals surface area contributed by atoms with E-state index in [4.69, 9.17) is 18.9 Å². The number of nitrogens with one attached hydrogen (secondary N) is 1. The fraction of sp³-hybridized carbons (Fsp3) is 0.696. The summed E-state index contributed by atoms with van der Waals surface area (Å²) in [7, 11) is 0. The number of aldehydes is 1. The Morgan fingerprint density at radius 2 is 1.01 bits per heavy atom. The highest BCUT2D eigenvalue weighted by atomic mass is 19.4. The minimum absolute atomic E-state index is 0.0142. The fourth-order valence-corrected chi connectivity index (χ4v) is 9.89. The maximum absolute atomic E-state index is 12.8. The van der Waals surface area contributed by atoms with Gasteiger partial charge in [0.05, 0.1) is 18.8 Å². The highest BCUT2D eigenvalue weighted by Crippen LogP contribution is 2.42. The number of carbonyl (C=O) groups excluding carboxylic acids is 5. The monoisotopic (exact) mass is 1210 g/mol. The van der Waals surface area contributed by atoms with Gasteiger partial charge in [-0.05, 0) is 162 Å². The molecule has 0 radical (unpaired) electrons. The van der Waals surface area contributed by atoms with Crippen molar-refractivity contribution in [2.45, 2.75) is 198 Å². The number of likely N-dealkylation sites (tertiary alicyclic amines) is 3. The zero-order chi connectivity index (χ0) is 62.4. The van der Waals surface area contributed by atoms with Gasteiger partial charge in [0, 0.05) is 62.2 Å². The first kappa shape index (κ1) is 69.8. The molecule has 0 bridgehead atoms. The SMILES string of the molecule is Cc1ccc(C=O)c(OCCCC(=O)OC(C)(C)C)c1.Cc1ccc(CN2CCCC23CCN(C(=O)OC(C(F)(F)F)C(F)(F)F)CC3)c(OCCCC(=O)OC(C)(C)C)c1.O=C(OC(C(F)(F)F)C(F)(F)F)N1CCC2(CCCN2)CC1. The molecule has 2 spiro atoms. The topological polar surface area (TPSA) is 162 Å². The predicted octanol–water partition coefficient (Wildman–Crippen LogP) is 12.7. The summed E-state index contributed by atoms with van der Waals surface area (Å²) in [6, 6.07) is 11.2. The maximum Gasteiger partial charge on any atom is 0.434 e. The zero-order valence-corrected chi connectivity index (χ0v) is 47.9. The first-order chi connectivity index (χ1) is 38.2. The lowest BCUT2D eigenvalue weighted by atomic mass is 9.85. The standard InChI is InChI=1S/C28H38F6N2O5.C16H22O4.C12H16F6N2O2/c1-19-8-9-20(21(17-19)39-16-5-7-22(37)41-25(2,3)4)18-36-13-6-10-26(36)11-14-35(15-12-26)24(38)40-23(27(29,30)31)28(32,33)34;1-12-7-8-13(11-17)14(10-12)19-9-5-6-15(18)20-16(2,3)4;13-11(14,15)8(12(16,17)18)22-9(21)20-6-3-10(4-7-20)2-1-5-19-10/h8-9,17,23H,5-7,10-16,18H2,1-4H3;7-8,10-11H,5-6,9H2,1-4H3;8,19H,1-7H2. The summed E-state index contributed by atoms with van der Waals surface area (Å²) in [5.74, 6) is 0.708. The molecule has 1 N–H and O–H groups in total. The van der Waals surface area contributed by atoms with Crippen molar-refractivity contribution < 1.29 is 105 Å². The largest absolute Gasteiger partial charge is 0.493 e. The minimum atomic E-state index is -5.75. The van der Waals surface area contributed by atoms with Gasteiger partial charge >= 0.3 is 48.8 Å². The third-order valence-electron chi connectivity index (χ3n) is 13.9. The van der Waals surface area contributed by atoms with E-state index < -0.39 is 60.3 Å². The molecule has 2 aromatic rings. The van der Waals surface area contributed by atoms with E-state index in [2.05, 4.69) is 19.7 Å². The molecule has 4 aliphatic heterocycles. The number of piperidine rings is 2. The quantitative estimate of drug-likeness (QED) is 0.0590. The Hall–Kier alpha value is -5.73. The molecule has 470 valence electrons. The molecule has 15 nitrogen and oxygen atoms in total. The number of hydrogen-bond acceptors (Lipinski definition) is 13. The second kappa shape index (κ2) is 28.9. The molecular weight excluding hydrogens is 1130 g/mol. The summed E-state index contributed by atoms with van der Waals surface area (Å²) in [5, 5.41) is 3.28. The highest BCUT2D eigenvalue weighted by Gasteiger charge is 2.61. The fourth-order valence-electron chi connectivity index (χ4n) is 9.89. The molecule has 0 saturated carbocycles. The van der Waals surface area contributed by atoms with Gasteiger partial charge in [0.1, 0.15) is 22.7 Å². The van der Waals surface area contributed by atoms with Crippen LogP contribution in [0.3, 0.4) is 0 Å². The van der Waals surface area contributed by atoms with Crippen molar-refractivity contribution in [3.05, 3.63) is 58.7 Å². The molecule has 4 fully saturated rings. The Kier molecular flexibility index (Phi) is 24.3. The van der Waals surface area contributed by atoms with Crippen LogP contribution in [0.2, 0.25) is 0 Å². The van der Waals surface area contributed by atoms with E-state index in [1.807, 2.05) is 65.0 Å². The molecule has 6 rings (SSSR count). The zero-order valence-electron chi connectivity index (χ0n) is 47.9. The Balaban J connectivity index is 0.000000296. The number of nitrogens with zero attached hydrogens (tertiary/aromatic N) is 3. The molecular formula is C56H76F12N4O11. The van der Waals surface area contributed by atoms with Gasteiger partial charge in [-0.1, -0.05) is 18.2 Å². The van der Waals surface area contributed by atoms with E-state index in [9.17, 15) is 76.7 Å². The van der Waals surface area contributed by atoms with Gasteiger partial charge in [-0.3, -0.25) is 19.3 Å².